The molecule has 1 aromatic carbocycles. The van der Waals surface area contributed by atoms with Crippen LogP contribution in [0.5, 0.6) is 0 Å². The van der Waals surface area contributed by atoms with Gasteiger partial charge in [-0.2, -0.15) is 4.98 Å². The third kappa shape index (κ3) is 2.14. The maximum absolute atomic E-state index is 6.12. The van der Waals surface area contributed by atoms with E-state index in [4.69, 9.17) is 10.3 Å². The standard InChI is InChI=1S/C13H16N4O/c14-11-7-12(10-4-2-1-3-9(10)11)15-6-5-13-16-8-17-18-13/h1-4,8,11-12,15H,5-7,14H2. The average molecular weight is 244 g/mol. The molecule has 5 nitrogen and oxygen atoms in total. The highest BCUT2D eigenvalue weighted by Crippen LogP contribution is 2.36. The Morgan fingerprint density at radius 2 is 2.17 bits per heavy atom. The summed E-state index contributed by atoms with van der Waals surface area (Å²) in [4.78, 5) is 4.00. The third-order valence-corrected chi connectivity index (χ3v) is 3.40. The lowest BCUT2D eigenvalue weighted by molar-refractivity contribution is 0.370. The number of nitrogens with one attached hydrogen (secondary N) is 1. The van der Waals surface area contributed by atoms with Crippen molar-refractivity contribution in [3.63, 3.8) is 0 Å². The zero-order valence-electron chi connectivity index (χ0n) is 10.0. The van der Waals surface area contributed by atoms with E-state index in [9.17, 15) is 0 Å². The molecule has 0 aliphatic heterocycles. The molecule has 2 atom stereocenters. The van der Waals surface area contributed by atoms with E-state index < -0.39 is 0 Å². The monoisotopic (exact) mass is 244 g/mol. The van der Waals surface area contributed by atoms with Crippen LogP contribution in [-0.2, 0) is 6.42 Å². The van der Waals surface area contributed by atoms with E-state index in [2.05, 4.69) is 33.7 Å². The number of hydrogen-bond donors (Lipinski definition) is 2. The second-order valence-electron chi connectivity index (χ2n) is 4.56. The van der Waals surface area contributed by atoms with Crippen LogP contribution < -0.4 is 11.1 Å². The Bertz CT molecular complexity index is 511. The smallest absolute Gasteiger partial charge is 0.227 e. The van der Waals surface area contributed by atoms with Crippen molar-refractivity contribution in [1.29, 1.82) is 0 Å². The quantitative estimate of drug-likeness (QED) is 0.848. The van der Waals surface area contributed by atoms with Gasteiger partial charge in [-0.15, -0.1) is 0 Å². The molecule has 5 heteroatoms. The lowest BCUT2D eigenvalue weighted by Gasteiger charge is -2.12. The summed E-state index contributed by atoms with van der Waals surface area (Å²) in [5, 5.41) is 7.09. The van der Waals surface area contributed by atoms with Crippen molar-refractivity contribution in [3.05, 3.63) is 47.6 Å². The number of hydrogen-bond acceptors (Lipinski definition) is 5. The van der Waals surface area contributed by atoms with E-state index in [1.807, 2.05) is 6.07 Å². The Kier molecular flexibility index (Phi) is 3.08. The van der Waals surface area contributed by atoms with Crippen LogP contribution in [0.4, 0.5) is 0 Å². The summed E-state index contributed by atoms with van der Waals surface area (Å²) in [6.45, 7) is 0.813. The lowest BCUT2D eigenvalue weighted by atomic mass is 10.1. The molecule has 2 aromatic rings. The maximum Gasteiger partial charge on any atom is 0.227 e. The fourth-order valence-corrected chi connectivity index (χ4v) is 2.53. The molecular formula is C13H16N4O. The summed E-state index contributed by atoms with van der Waals surface area (Å²) in [5.74, 6) is 0.665. The molecule has 1 aliphatic rings. The third-order valence-electron chi connectivity index (χ3n) is 3.40. The number of nitrogens with zero attached hydrogens (tertiary/aromatic N) is 2. The minimum Gasteiger partial charge on any atom is -0.340 e. The van der Waals surface area contributed by atoms with Crippen molar-refractivity contribution in [2.45, 2.75) is 24.9 Å². The molecule has 0 spiro atoms. The van der Waals surface area contributed by atoms with Gasteiger partial charge in [0.15, 0.2) is 6.33 Å². The molecule has 1 heterocycles. The average Bonchev–Trinajstić information content (AvgIpc) is 3.00. The van der Waals surface area contributed by atoms with Crippen molar-refractivity contribution in [2.24, 2.45) is 5.73 Å². The van der Waals surface area contributed by atoms with Gasteiger partial charge in [0, 0.05) is 25.0 Å². The van der Waals surface area contributed by atoms with Crippen LogP contribution in [0.25, 0.3) is 0 Å². The van der Waals surface area contributed by atoms with Gasteiger partial charge in [-0.25, -0.2) is 0 Å². The Morgan fingerprint density at radius 3 is 2.94 bits per heavy atom. The van der Waals surface area contributed by atoms with Gasteiger partial charge in [-0.05, 0) is 17.5 Å². The van der Waals surface area contributed by atoms with E-state index in [1.54, 1.807) is 0 Å². The summed E-state index contributed by atoms with van der Waals surface area (Å²) in [7, 11) is 0. The highest BCUT2D eigenvalue weighted by atomic mass is 16.5. The van der Waals surface area contributed by atoms with Gasteiger partial charge in [0.25, 0.3) is 0 Å². The van der Waals surface area contributed by atoms with Crippen molar-refractivity contribution in [2.75, 3.05) is 6.54 Å². The zero-order chi connectivity index (χ0) is 12.4. The predicted octanol–water partition coefficient (Wildman–Crippen LogP) is 1.35. The minimum atomic E-state index is 0.141. The van der Waals surface area contributed by atoms with Crippen LogP contribution in [0.3, 0.4) is 0 Å². The molecule has 0 bridgehead atoms. The highest BCUT2D eigenvalue weighted by Gasteiger charge is 2.27. The van der Waals surface area contributed by atoms with Crippen LogP contribution in [0.2, 0.25) is 0 Å². The second kappa shape index (κ2) is 4.88. The first kappa shape index (κ1) is 11.4. The van der Waals surface area contributed by atoms with Crippen LogP contribution in [0, 0.1) is 0 Å². The minimum absolute atomic E-state index is 0.141. The molecular weight excluding hydrogens is 228 g/mol. The van der Waals surface area contributed by atoms with Gasteiger partial charge in [0.05, 0.1) is 0 Å². The number of fused-ring (bicyclic) bond motifs is 1. The first-order valence-corrected chi connectivity index (χ1v) is 6.18. The first-order valence-electron chi connectivity index (χ1n) is 6.18. The van der Waals surface area contributed by atoms with Crippen molar-refractivity contribution in [3.8, 4) is 0 Å². The molecule has 0 amide bonds. The van der Waals surface area contributed by atoms with Crippen LogP contribution in [-0.4, -0.2) is 16.7 Å². The van der Waals surface area contributed by atoms with E-state index in [0.29, 0.717) is 11.9 Å². The zero-order valence-corrected chi connectivity index (χ0v) is 10.0. The number of nitrogens with two attached hydrogens (primary N) is 1. The molecule has 0 fully saturated rings. The lowest BCUT2D eigenvalue weighted by Crippen LogP contribution is -2.22. The van der Waals surface area contributed by atoms with Crippen molar-refractivity contribution < 1.29 is 4.52 Å². The summed E-state index contributed by atoms with van der Waals surface area (Å²) in [6.07, 6.45) is 3.12. The molecule has 94 valence electrons. The predicted molar refractivity (Wildman–Crippen MR) is 66.7 cm³/mol. The maximum atomic E-state index is 6.12. The molecule has 0 saturated carbocycles. The fraction of sp³-hybridized carbons (Fsp3) is 0.385. The second-order valence-corrected chi connectivity index (χ2v) is 4.56. The number of aromatic nitrogens is 2. The van der Waals surface area contributed by atoms with Crippen LogP contribution >= 0.6 is 0 Å². The summed E-state index contributed by atoms with van der Waals surface area (Å²) >= 11 is 0. The van der Waals surface area contributed by atoms with Gasteiger partial charge in [0.1, 0.15) is 0 Å². The van der Waals surface area contributed by atoms with Crippen LogP contribution in [0.15, 0.2) is 35.1 Å². The topological polar surface area (TPSA) is 77.0 Å². The van der Waals surface area contributed by atoms with E-state index >= 15 is 0 Å². The summed E-state index contributed by atoms with van der Waals surface area (Å²) < 4.78 is 4.96. The van der Waals surface area contributed by atoms with Crippen LogP contribution in [0.1, 0.15) is 35.5 Å². The van der Waals surface area contributed by atoms with Crippen molar-refractivity contribution in [1.82, 2.24) is 15.5 Å². The van der Waals surface area contributed by atoms with E-state index in [-0.39, 0.29) is 6.04 Å². The molecule has 0 saturated heterocycles. The summed E-state index contributed by atoms with van der Waals surface area (Å²) in [5.41, 5.74) is 8.69. The van der Waals surface area contributed by atoms with Gasteiger partial charge in [-0.3, -0.25) is 0 Å². The molecule has 2 unspecified atom stereocenters. The molecule has 1 aliphatic carbocycles. The molecule has 3 N–H and O–H groups in total. The molecule has 0 radical (unpaired) electrons. The highest BCUT2D eigenvalue weighted by molar-refractivity contribution is 5.37. The Hall–Kier alpha value is -1.72. The van der Waals surface area contributed by atoms with Crippen molar-refractivity contribution >= 4 is 0 Å². The van der Waals surface area contributed by atoms with Gasteiger partial charge >= 0.3 is 0 Å². The van der Waals surface area contributed by atoms with Gasteiger partial charge in [-0.1, -0.05) is 29.4 Å². The molecule has 3 rings (SSSR count). The van der Waals surface area contributed by atoms with Gasteiger partial charge < -0.3 is 15.6 Å². The summed E-state index contributed by atoms with van der Waals surface area (Å²) in [6, 6.07) is 8.83. The number of rotatable bonds is 4. The Balaban J connectivity index is 1.61. The van der Waals surface area contributed by atoms with E-state index in [1.165, 1.54) is 17.5 Å². The number of benzene rings is 1. The Labute approximate surface area is 105 Å². The largest absolute Gasteiger partial charge is 0.340 e. The first-order chi connectivity index (χ1) is 8.84. The normalized spacial score (nSPS) is 22.1. The SMILES string of the molecule is NC1CC(NCCc2ncno2)c2ccccc21. The van der Waals surface area contributed by atoms with E-state index in [0.717, 1.165) is 19.4 Å². The fourth-order valence-electron chi connectivity index (χ4n) is 2.53. The molecule has 18 heavy (non-hydrogen) atoms. The molecule has 1 aromatic heterocycles. The van der Waals surface area contributed by atoms with Gasteiger partial charge in [0.2, 0.25) is 5.89 Å². The Morgan fingerprint density at radius 1 is 1.33 bits per heavy atom.